The van der Waals surface area contributed by atoms with E-state index in [0.29, 0.717) is 11.0 Å². The first kappa shape index (κ1) is 21.4. The number of alkyl halides is 3. The van der Waals surface area contributed by atoms with Crippen molar-refractivity contribution in [1.29, 1.82) is 0 Å². The highest BCUT2D eigenvalue weighted by Gasteiger charge is 2.36. The number of primary sulfonamides is 1. The summed E-state index contributed by atoms with van der Waals surface area (Å²) in [6.45, 7) is 0. The van der Waals surface area contributed by atoms with Gasteiger partial charge in [0.2, 0.25) is 15.9 Å². The van der Waals surface area contributed by atoms with Crippen LogP contribution < -0.4 is 10.9 Å². The highest BCUT2D eigenvalue weighted by molar-refractivity contribution is 7.89. The molecule has 0 spiro atoms. The van der Waals surface area contributed by atoms with E-state index < -0.39 is 44.6 Å². The number of sulfonamides is 1. The Kier molecular flexibility index (Phi) is 5.34. The molecular weight excluding hydrogens is 430 g/mol. The minimum atomic E-state index is -4.85. The molecule has 158 valence electrons. The predicted molar refractivity (Wildman–Crippen MR) is 95.2 cm³/mol. The summed E-state index contributed by atoms with van der Waals surface area (Å²) in [6.07, 6.45) is -4.19. The van der Waals surface area contributed by atoms with Crippen LogP contribution in [-0.4, -0.2) is 29.1 Å². The van der Waals surface area contributed by atoms with E-state index >= 15 is 0 Å². The fourth-order valence-electron chi connectivity index (χ4n) is 2.84. The van der Waals surface area contributed by atoms with E-state index in [2.05, 4.69) is 10.1 Å². The summed E-state index contributed by atoms with van der Waals surface area (Å²) < 4.78 is 77.2. The van der Waals surface area contributed by atoms with Crippen LogP contribution in [0.2, 0.25) is 0 Å². The monoisotopic (exact) mass is 443 g/mol. The van der Waals surface area contributed by atoms with Gasteiger partial charge in [0, 0.05) is 5.56 Å². The number of halogens is 4. The lowest BCUT2D eigenvalue weighted by Gasteiger charge is -2.17. The molecule has 8 nitrogen and oxygen atoms in total. The van der Waals surface area contributed by atoms with Gasteiger partial charge in [0.25, 0.3) is 5.82 Å². The first-order chi connectivity index (χ1) is 13.9. The fraction of sp³-hybridized carbons (Fsp3) is 0.118. The zero-order chi connectivity index (χ0) is 22.3. The second-order valence-corrected chi connectivity index (χ2v) is 7.67. The fourth-order valence-corrected chi connectivity index (χ4v) is 3.60. The highest BCUT2D eigenvalue weighted by atomic mass is 32.2. The molecule has 0 aliphatic carbocycles. The molecule has 1 unspecified atom stereocenters. The van der Waals surface area contributed by atoms with E-state index in [1.54, 1.807) is 0 Å². The van der Waals surface area contributed by atoms with Gasteiger partial charge in [0.05, 0.1) is 11.6 Å². The van der Waals surface area contributed by atoms with Crippen molar-refractivity contribution in [3.8, 4) is 5.69 Å². The largest absolute Gasteiger partial charge is 0.453 e. The molecule has 4 N–H and O–H groups in total. The van der Waals surface area contributed by atoms with Crippen molar-refractivity contribution in [2.75, 3.05) is 0 Å². The standard InChI is InChI=1S/C17H13F4N5O3S/c18-11-4-2-1-3-10(11)14(15(22)27)9-5-6-12(13(7-9)30(23,28)29)26-8-24-16(25-26)17(19,20)21/h1-8,14H,(H2,22,27)(H2,23,28,29). The molecule has 0 saturated carbocycles. The average molecular weight is 443 g/mol. The maximum absolute atomic E-state index is 14.2. The second kappa shape index (κ2) is 7.50. The number of carbonyl (C=O) groups is 1. The van der Waals surface area contributed by atoms with Crippen LogP contribution in [0.4, 0.5) is 17.6 Å². The van der Waals surface area contributed by atoms with Gasteiger partial charge in [-0.3, -0.25) is 4.79 Å². The van der Waals surface area contributed by atoms with Gasteiger partial charge in [-0.05, 0) is 23.8 Å². The Morgan fingerprint density at radius 3 is 2.33 bits per heavy atom. The van der Waals surface area contributed by atoms with Crippen LogP contribution in [0.5, 0.6) is 0 Å². The summed E-state index contributed by atoms with van der Waals surface area (Å²) in [5.41, 5.74) is 4.90. The van der Waals surface area contributed by atoms with Crippen molar-refractivity contribution in [1.82, 2.24) is 14.8 Å². The molecule has 0 aliphatic rings. The smallest absolute Gasteiger partial charge is 0.369 e. The molecule has 3 rings (SSSR count). The quantitative estimate of drug-likeness (QED) is 0.579. The predicted octanol–water partition coefficient (Wildman–Crippen LogP) is 1.69. The van der Waals surface area contributed by atoms with Crippen molar-refractivity contribution in [2.24, 2.45) is 10.9 Å². The minimum Gasteiger partial charge on any atom is -0.369 e. The highest BCUT2D eigenvalue weighted by Crippen LogP contribution is 2.31. The maximum Gasteiger partial charge on any atom is 0.453 e. The Labute approximate surface area is 167 Å². The zero-order valence-electron chi connectivity index (χ0n) is 14.8. The number of nitrogens with two attached hydrogens (primary N) is 2. The Morgan fingerprint density at radius 2 is 1.80 bits per heavy atom. The molecule has 13 heteroatoms. The summed E-state index contributed by atoms with van der Waals surface area (Å²) in [7, 11) is -4.50. The van der Waals surface area contributed by atoms with E-state index in [1.165, 1.54) is 24.3 Å². The van der Waals surface area contributed by atoms with E-state index in [-0.39, 0.29) is 16.8 Å². The van der Waals surface area contributed by atoms with Crippen LogP contribution in [0.25, 0.3) is 5.69 Å². The van der Waals surface area contributed by atoms with Crippen LogP contribution in [0.1, 0.15) is 22.9 Å². The Balaban J connectivity index is 2.19. The SMILES string of the molecule is NC(=O)C(c1ccc(-n2cnc(C(F)(F)F)n2)c(S(N)(=O)=O)c1)c1ccccc1F. The molecule has 3 aromatic rings. The van der Waals surface area contributed by atoms with Crippen molar-refractivity contribution in [2.45, 2.75) is 17.0 Å². The van der Waals surface area contributed by atoms with Gasteiger partial charge in [-0.15, -0.1) is 5.10 Å². The molecule has 0 radical (unpaired) electrons. The molecule has 2 aromatic carbocycles. The number of hydrogen-bond acceptors (Lipinski definition) is 5. The molecular formula is C17H13F4N5O3S. The van der Waals surface area contributed by atoms with Crippen molar-refractivity contribution >= 4 is 15.9 Å². The van der Waals surface area contributed by atoms with Crippen LogP contribution >= 0.6 is 0 Å². The normalized spacial score (nSPS) is 13.2. The number of primary amides is 1. The summed E-state index contributed by atoms with van der Waals surface area (Å²) in [5, 5.41) is 8.42. The molecule has 0 saturated heterocycles. The van der Waals surface area contributed by atoms with Gasteiger partial charge in [-0.1, -0.05) is 24.3 Å². The maximum atomic E-state index is 14.2. The lowest BCUT2D eigenvalue weighted by atomic mass is 9.90. The number of amides is 1. The van der Waals surface area contributed by atoms with Crippen molar-refractivity contribution in [3.05, 3.63) is 71.6 Å². The topological polar surface area (TPSA) is 134 Å². The lowest BCUT2D eigenvalue weighted by molar-refractivity contribution is -0.144. The zero-order valence-corrected chi connectivity index (χ0v) is 15.7. The van der Waals surface area contributed by atoms with Gasteiger partial charge in [0.1, 0.15) is 17.0 Å². The number of benzene rings is 2. The number of aromatic nitrogens is 3. The number of nitrogens with zero attached hydrogens (tertiary/aromatic N) is 3. The molecule has 30 heavy (non-hydrogen) atoms. The second-order valence-electron chi connectivity index (χ2n) is 6.14. The van der Waals surface area contributed by atoms with Crippen LogP contribution in [0.3, 0.4) is 0 Å². The number of hydrogen-bond donors (Lipinski definition) is 2. The Morgan fingerprint density at radius 1 is 1.13 bits per heavy atom. The lowest BCUT2D eigenvalue weighted by Crippen LogP contribution is -2.24. The van der Waals surface area contributed by atoms with Crippen LogP contribution in [-0.2, 0) is 21.0 Å². The van der Waals surface area contributed by atoms with E-state index in [9.17, 15) is 30.8 Å². The van der Waals surface area contributed by atoms with Gasteiger partial charge >= 0.3 is 6.18 Å². The third-order valence-corrected chi connectivity index (χ3v) is 5.06. The first-order valence-electron chi connectivity index (χ1n) is 8.09. The van der Waals surface area contributed by atoms with Crippen molar-refractivity contribution < 1.29 is 30.8 Å². The van der Waals surface area contributed by atoms with Gasteiger partial charge in [0.15, 0.2) is 0 Å². The number of rotatable bonds is 5. The summed E-state index contributed by atoms with van der Waals surface area (Å²) in [4.78, 5) is 14.5. The first-order valence-corrected chi connectivity index (χ1v) is 9.64. The molecule has 1 heterocycles. The third kappa shape index (κ3) is 4.16. The van der Waals surface area contributed by atoms with Gasteiger partial charge < -0.3 is 5.73 Å². The summed E-state index contributed by atoms with van der Waals surface area (Å²) in [5.74, 6) is -4.60. The molecule has 1 amide bonds. The van der Waals surface area contributed by atoms with Crippen LogP contribution in [0, 0.1) is 5.82 Å². The molecule has 0 aliphatic heterocycles. The number of carbonyl (C=O) groups excluding carboxylic acids is 1. The van der Waals surface area contributed by atoms with E-state index in [1.807, 2.05) is 0 Å². The molecule has 0 bridgehead atoms. The molecule has 1 atom stereocenters. The Hall–Kier alpha value is -3.32. The van der Waals surface area contributed by atoms with E-state index in [0.717, 1.165) is 18.2 Å². The summed E-state index contributed by atoms with van der Waals surface area (Å²) >= 11 is 0. The molecule has 1 aromatic heterocycles. The van der Waals surface area contributed by atoms with Gasteiger partial charge in [-0.2, -0.15) is 13.2 Å². The minimum absolute atomic E-state index is 0.0310. The van der Waals surface area contributed by atoms with Gasteiger partial charge in [-0.25, -0.2) is 27.6 Å². The average Bonchev–Trinajstić information content (AvgIpc) is 3.13. The van der Waals surface area contributed by atoms with Crippen LogP contribution in [0.15, 0.2) is 53.7 Å². The van der Waals surface area contributed by atoms with E-state index in [4.69, 9.17) is 10.9 Å². The summed E-state index contributed by atoms with van der Waals surface area (Å²) in [6, 6.07) is 8.44. The molecule has 0 fully saturated rings. The van der Waals surface area contributed by atoms with Crippen molar-refractivity contribution in [3.63, 3.8) is 0 Å². The Bertz CT molecular complexity index is 1220. The third-order valence-electron chi connectivity index (χ3n) is 4.12.